The lowest BCUT2D eigenvalue weighted by Crippen LogP contribution is -2.32. The number of anilines is 1. The monoisotopic (exact) mass is 326 g/mol. The molecule has 0 unspecified atom stereocenters. The minimum absolute atomic E-state index is 0.0617. The first kappa shape index (κ1) is 15.6. The van der Waals surface area contributed by atoms with Crippen LogP contribution in [0.25, 0.3) is 0 Å². The van der Waals surface area contributed by atoms with E-state index in [0.29, 0.717) is 5.13 Å². The number of aromatic nitrogens is 2. The van der Waals surface area contributed by atoms with Crippen molar-refractivity contribution in [2.24, 2.45) is 0 Å². The molecule has 1 fully saturated rings. The molecular formula is C12H14N4O3S2. The second-order valence-electron chi connectivity index (χ2n) is 4.21. The molecule has 2 rings (SSSR count). The zero-order chi connectivity index (χ0) is 15.2. The number of carbonyl (C=O) groups is 3. The smallest absolute Gasteiger partial charge is 0.229 e. The summed E-state index contributed by atoms with van der Waals surface area (Å²) in [5.74, 6) is -0.000497. The Morgan fingerprint density at radius 1 is 1.38 bits per heavy atom. The molecule has 0 atom stereocenters. The zero-order valence-electron chi connectivity index (χ0n) is 11.2. The number of amides is 3. The SMILES string of the molecule is C=CCSc1nnc(NC(=O)CCN2C(=O)CCC2=O)s1. The van der Waals surface area contributed by atoms with E-state index in [1.807, 2.05) is 0 Å². The molecule has 1 saturated heterocycles. The Balaban J connectivity index is 1.79. The van der Waals surface area contributed by atoms with E-state index >= 15 is 0 Å². The van der Waals surface area contributed by atoms with Crippen LogP contribution in [0, 0.1) is 0 Å². The number of nitrogens with one attached hydrogen (secondary N) is 1. The number of imide groups is 1. The van der Waals surface area contributed by atoms with Gasteiger partial charge in [0.25, 0.3) is 0 Å². The lowest BCUT2D eigenvalue weighted by atomic mass is 10.3. The number of likely N-dealkylation sites (tertiary alicyclic amines) is 1. The van der Waals surface area contributed by atoms with Gasteiger partial charge in [-0.2, -0.15) is 0 Å². The van der Waals surface area contributed by atoms with Gasteiger partial charge in [-0.15, -0.1) is 16.8 Å². The van der Waals surface area contributed by atoms with Crippen molar-refractivity contribution in [3.63, 3.8) is 0 Å². The molecule has 0 saturated carbocycles. The molecule has 1 aromatic heterocycles. The molecule has 2 heterocycles. The molecule has 21 heavy (non-hydrogen) atoms. The van der Waals surface area contributed by atoms with Crippen LogP contribution in [0.4, 0.5) is 5.13 Å². The van der Waals surface area contributed by atoms with E-state index in [1.54, 1.807) is 6.08 Å². The first-order chi connectivity index (χ1) is 10.1. The highest BCUT2D eigenvalue weighted by atomic mass is 32.2. The van der Waals surface area contributed by atoms with Gasteiger partial charge in [0.05, 0.1) is 0 Å². The van der Waals surface area contributed by atoms with Crippen molar-refractivity contribution in [3.8, 4) is 0 Å². The summed E-state index contributed by atoms with van der Waals surface area (Å²) in [5.41, 5.74) is 0. The highest BCUT2D eigenvalue weighted by Gasteiger charge is 2.28. The molecule has 112 valence electrons. The summed E-state index contributed by atoms with van der Waals surface area (Å²) in [4.78, 5) is 35.7. The Hall–Kier alpha value is -1.74. The lowest BCUT2D eigenvalue weighted by molar-refractivity contribution is -0.138. The molecule has 1 aliphatic heterocycles. The van der Waals surface area contributed by atoms with Gasteiger partial charge >= 0.3 is 0 Å². The maximum absolute atomic E-state index is 11.8. The summed E-state index contributed by atoms with van der Waals surface area (Å²) < 4.78 is 0.745. The molecule has 0 aliphatic carbocycles. The van der Waals surface area contributed by atoms with E-state index in [4.69, 9.17) is 0 Å². The number of hydrogen-bond donors (Lipinski definition) is 1. The number of carbonyl (C=O) groups excluding carboxylic acids is 3. The molecule has 9 heteroatoms. The van der Waals surface area contributed by atoms with E-state index in [1.165, 1.54) is 23.1 Å². The minimum atomic E-state index is -0.293. The fraction of sp³-hybridized carbons (Fsp3) is 0.417. The van der Waals surface area contributed by atoms with E-state index in [9.17, 15) is 14.4 Å². The quantitative estimate of drug-likeness (QED) is 0.351. The van der Waals surface area contributed by atoms with Gasteiger partial charge in [0.15, 0.2) is 4.34 Å². The summed E-state index contributed by atoms with van der Waals surface area (Å²) in [6.45, 7) is 3.72. The standard InChI is InChI=1S/C12H14N4O3S2/c1-2-7-20-12-15-14-11(21-12)13-8(17)5-6-16-9(18)3-4-10(16)19/h2H,1,3-7H2,(H,13,14,17). The lowest BCUT2D eigenvalue weighted by Gasteiger charge is -2.12. The summed E-state index contributed by atoms with van der Waals surface area (Å²) >= 11 is 2.75. The first-order valence-electron chi connectivity index (χ1n) is 6.30. The van der Waals surface area contributed by atoms with Crippen LogP contribution in [-0.2, 0) is 14.4 Å². The van der Waals surface area contributed by atoms with Gasteiger partial charge in [-0.05, 0) is 0 Å². The molecule has 1 N–H and O–H groups in total. The normalized spacial score (nSPS) is 14.6. The highest BCUT2D eigenvalue weighted by Crippen LogP contribution is 2.25. The second-order valence-corrected chi connectivity index (χ2v) is 6.45. The van der Waals surface area contributed by atoms with Crippen molar-refractivity contribution in [3.05, 3.63) is 12.7 Å². The van der Waals surface area contributed by atoms with Gasteiger partial charge in [-0.25, -0.2) is 0 Å². The van der Waals surface area contributed by atoms with Crippen LogP contribution in [0.1, 0.15) is 19.3 Å². The highest BCUT2D eigenvalue weighted by molar-refractivity contribution is 8.01. The number of nitrogens with zero attached hydrogens (tertiary/aromatic N) is 3. The van der Waals surface area contributed by atoms with Gasteiger partial charge in [-0.1, -0.05) is 29.2 Å². The van der Waals surface area contributed by atoms with Crippen LogP contribution in [0.3, 0.4) is 0 Å². The Kier molecular flexibility index (Phi) is 5.45. The molecule has 1 aromatic rings. The Labute approximate surface area is 129 Å². The third-order valence-corrected chi connectivity index (χ3v) is 4.66. The molecule has 0 spiro atoms. The van der Waals surface area contributed by atoms with E-state index < -0.39 is 0 Å². The van der Waals surface area contributed by atoms with Crippen LogP contribution in [0.2, 0.25) is 0 Å². The number of hydrogen-bond acceptors (Lipinski definition) is 7. The van der Waals surface area contributed by atoms with Crippen molar-refractivity contribution in [2.75, 3.05) is 17.6 Å². The molecule has 0 aromatic carbocycles. The predicted octanol–water partition coefficient (Wildman–Crippen LogP) is 1.29. The van der Waals surface area contributed by atoms with Gasteiger partial charge in [0, 0.05) is 31.6 Å². The van der Waals surface area contributed by atoms with Crippen LogP contribution >= 0.6 is 23.1 Å². The topological polar surface area (TPSA) is 92.3 Å². The van der Waals surface area contributed by atoms with Crippen molar-refractivity contribution in [1.82, 2.24) is 15.1 Å². The summed E-state index contributed by atoms with van der Waals surface area (Å²) in [6.07, 6.45) is 2.29. The average Bonchev–Trinajstić information content (AvgIpc) is 3.02. The van der Waals surface area contributed by atoms with E-state index in [0.717, 1.165) is 15.0 Å². The summed E-state index contributed by atoms with van der Waals surface area (Å²) in [6, 6.07) is 0. The predicted molar refractivity (Wildman–Crippen MR) is 80.0 cm³/mol. The summed E-state index contributed by atoms with van der Waals surface area (Å²) in [7, 11) is 0. The van der Waals surface area contributed by atoms with Crippen molar-refractivity contribution < 1.29 is 14.4 Å². The number of rotatable bonds is 7. The molecular weight excluding hydrogens is 312 g/mol. The van der Waals surface area contributed by atoms with Crippen molar-refractivity contribution in [1.29, 1.82) is 0 Å². The maximum Gasteiger partial charge on any atom is 0.229 e. The third kappa shape index (κ3) is 4.36. The zero-order valence-corrected chi connectivity index (χ0v) is 12.8. The van der Waals surface area contributed by atoms with Gasteiger partial charge in [-0.3, -0.25) is 19.3 Å². The van der Waals surface area contributed by atoms with E-state index in [-0.39, 0.29) is 43.5 Å². The van der Waals surface area contributed by atoms with Crippen LogP contribution in [-0.4, -0.2) is 45.1 Å². The Bertz CT molecular complexity index is 557. The van der Waals surface area contributed by atoms with E-state index in [2.05, 4.69) is 22.1 Å². The fourth-order valence-corrected chi connectivity index (χ4v) is 3.25. The molecule has 7 nitrogen and oxygen atoms in total. The molecule has 3 amide bonds. The Morgan fingerprint density at radius 3 is 2.76 bits per heavy atom. The molecule has 1 aliphatic rings. The van der Waals surface area contributed by atoms with Crippen LogP contribution < -0.4 is 5.32 Å². The first-order valence-corrected chi connectivity index (χ1v) is 8.10. The van der Waals surface area contributed by atoms with Crippen molar-refractivity contribution in [2.45, 2.75) is 23.6 Å². The van der Waals surface area contributed by atoms with Crippen LogP contribution in [0.15, 0.2) is 17.0 Å². The average molecular weight is 326 g/mol. The van der Waals surface area contributed by atoms with Crippen molar-refractivity contribution >= 4 is 46.0 Å². The largest absolute Gasteiger partial charge is 0.300 e. The van der Waals surface area contributed by atoms with Gasteiger partial charge in [0.2, 0.25) is 22.9 Å². The summed E-state index contributed by atoms with van der Waals surface area (Å²) in [5, 5.41) is 10.8. The fourth-order valence-electron chi connectivity index (χ4n) is 1.72. The van der Waals surface area contributed by atoms with Gasteiger partial charge < -0.3 is 5.32 Å². The van der Waals surface area contributed by atoms with Crippen LogP contribution in [0.5, 0.6) is 0 Å². The third-order valence-electron chi connectivity index (χ3n) is 2.69. The Morgan fingerprint density at radius 2 is 2.10 bits per heavy atom. The maximum atomic E-state index is 11.8. The minimum Gasteiger partial charge on any atom is -0.300 e. The molecule has 0 bridgehead atoms. The number of thioether (sulfide) groups is 1. The second kappa shape index (κ2) is 7.32. The molecule has 0 radical (unpaired) electrons. The van der Waals surface area contributed by atoms with Gasteiger partial charge in [0.1, 0.15) is 0 Å².